The van der Waals surface area contributed by atoms with Crippen LogP contribution in [0.5, 0.6) is 11.5 Å². The number of rotatable bonds is 4. The van der Waals surface area contributed by atoms with Crippen molar-refractivity contribution in [2.75, 3.05) is 32.8 Å². The molecule has 8 heteroatoms. The van der Waals surface area contributed by atoms with Gasteiger partial charge in [0.2, 0.25) is 10.0 Å². The molecule has 0 radical (unpaired) electrons. The van der Waals surface area contributed by atoms with E-state index in [0.29, 0.717) is 49.7 Å². The minimum Gasteiger partial charge on any atom is -0.486 e. The van der Waals surface area contributed by atoms with Crippen molar-refractivity contribution in [3.05, 3.63) is 53.1 Å². The van der Waals surface area contributed by atoms with E-state index in [9.17, 15) is 13.2 Å². The van der Waals surface area contributed by atoms with Gasteiger partial charge in [-0.3, -0.25) is 4.79 Å². The zero-order valence-electron chi connectivity index (χ0n) is 19.0. The molecule has 2 aromatic rings. The molecule has 0 saturated carbocycles. The number of aryl methyl sites for hydroxylation is 1. The lowest BCUT2D eigenvalue weighted by Gasteiger charge is -2.28. The average molecular weight is 471 g/mol. The Labute approximate surface area is 195 Å². The first-order valence-electron chi connectivity index (χ1n) is 11.8. The molecule has 0 N–H and O–H groups in total. The van der Waals surface area contributed by atoms with E-state index in [1.807, 2.05) is 23.1 Å². The highest BCUT2D eigenvalue weighted by Gasteiger charge is 2.33. The summed E-state index contributed by atoms with van der Waals surface area (Å²) < 4.78 is 39.5. The van der Waals surface area contributed by atoms with E-state index in [0.717, 1.165) is 43.4 Å². The Bertz CT molecular complexity index is 1160. The SMILES string of the molecule is Cc1ccc(C(=O)N2CCC[C@@H]2c2ccc3c(c2)OCCO3)cc1S(=O)(=O)N1CCCCC1. The second-order valence-electron chi connectivity index (χ2n) is 9.00. The summed E-state index contributed by atoms with van der Waals surface area (Å²) >= 11 is 0. The molecule has 33 heavy (non-hydrogen) atoms. The Balaban J connectivity index is 1.42. The van der Waals surface area contributed by atoms with Crippen molar-refractivity contribution in [2.45, 2.75) is 50.0 Å². The number of hydrogen-bond acceptors (Lipinski definition) is 5. The Morgan fingerprint density at radius 3 is 2.45 bits per heavy atom. The number of likely N-dealkylation sites (tertiary alicyclic amines) is 1. The maximum Gasteiger partial charge on any atom is 0.254 e. The summed E-state index contributed by atoms with van der Waals surface area (Å²) in [6.07, 6.45) is 4.56. The van der Waals surface area contributed by atoms with Crippen LogP contribution in [0.15, 0.2) is 41.3 Å². The molecule has 0 aromatic heterocycles. The number of nitrogens with zero attached hydrogens (tertiary/aromatic N) is 2. The van der Waals surface area contributed by atoms with Gasteiger partial charge in [-0.05, 0) is 68.0 Å². The Kier molecular flexibility index (Phi) is 6.05. The van der Waals surface area contributed by atoms with Crippen LogP contribution in [0.25, 0.3) is 0 Å². The molecule has 3 aliphatic heterocycles. The first kappa shape index (κ1) is 22.2. The molecule has 7 nitrogen and oxygen atoms in total. The Morgan fingerprint density at radius 2 is 1.67 bits per heavy atom. The van der Waals surface area contributed by atoms with Gasteiger partial charge in [0.1, 0.15) is 13.2 Å². The molecular formula is C25H30N2O5S. The Hall–Kier alpha value is -2.58. The molecule has 0 bridgehead atoms. The van der Waals surface area contributed by atoms with E-state index < -0.39 is 10.0 Å². The number of benzene rings is 2. The molecule has 3 heterocycles. The van der Waals surface area contributed by atoms with Crippen molar-refractivity contribution < 1.29 is 22.7 Å². The van der Waals surface area contributed by atoms with Gasteiger partial charge in [0.15, 0.2) is 11.5 Å². The van der Waals surface area contributed by atoms with E-state index in [1.54, 1.807) is 29.4 Å². The van der Waals surface area contributed by atoms with Gasteiger partial charge in [-0.1, -0.05) is 18.6 Å². The number of amides is 1. The van der Waals surface area contributed by atoms with Gasteiger partial charge in [-0.25, -0.2) is 8.42 Å². The van der Waals surface area contributed by atoms with Gasteiger partial charge < -0.3 is 14.4 Å². The highest BCUT2D eigenvalue weighted by Crippen LogP contribution is 2.39. The van der Waals surface area contributed by atoms with Crippen LogP contribution in [0.1, 0.15) is 59.6 Å². The number of carbonyl (C=O) groups is 1. The summed E-state index contributed by atoms with van der Waals surface area (Å²) in [6, 6.07) is 10.8. The van der Waals surface area contributed by atoms with Crippen LogP contribution in [-0.2, 0) is 10.0 Å². The molecule has 2 fully saturated rings. The van der Waals surface area contributed by atoms with E-state index in [2.05, 4.69) is 0 Å². The fourth-order valence-corrected chi connectivity index (χ4v) is 6.81. The molecule has 3 aliphatic rings. The molecular weight excluding hydrogens is 440 g/mol. The number of sulfonamides is 1. The summed E-state index contributed by atoms with van der Waals surface area (Å²) in [5.74, 6) is 1.30. The lowest BCUT2D eigenvalue weighted by molar-refractivity contribution is 0.0735. The van der Waals surface area contributed by atoms with E-state index >= 15 is 0 Å². The van der Waals surface area contributed by atoms with E-state index in [4.69, 9.17) is 9.47 Å². The normalized spacial score (nSPS) is 21.2. The van der Waals surface area contributed by atoms with Gasteiger partial charge in [-0.2, -0.15) is 4.31 Å². The fourth-order valence-electron chi connectivity index (χ4n) is 5.04. The maximum absolute atomic E-state index is 13.5. The Morgan fingerprint density at radius 1 is 0.909 bits per heavy atom. The maximum atomic E-state index is 13.5. The van der Waals surface area contributed by atoms with E-state index in [1.165, 1.54) is 0 Å². The van der Waals surface area contributed by atoms with Crippen molar-refractivity contribution >= 4 is 15.9 Å². The third-order valence-electron chi connectivity index (χ3n) is 6.83. The van der Waals surface area contributed by atoms with E-state index in [-0.39, 0.29) is 16.8 Å². The molecule has 5 rings (SSSR count). The number of carbonyl (C=O) groups excluding carboxylic acids is 1. The molecule has 0 spiro atoms. The summed E-state index contributed by atoms with van der Waals surface area (Å²) in [5.41, 5.74) is 2.10. The number of hydrogen-bond donors (Lipinski definition) is 0. The van der Waals surface area contributed by atoms with Crippen LogP contribution in [0, 0.1) is 6.92 Å². The summed E-state index contributed by atoms with van der Waals surface area (Å²) in [7, 11) is -3.62. The fraction of sp³-hybridized carbons (Fsp3) is 0.480. The van der Waals surface area contributed by atoms with Crippen molar-refractivity contribution in [1.29, 1.82) is 0 Å². The molecule has 0 unspecified atom stereocenters. The van der Waals surface area contributed by atoms with Gasteiger partial charge in [0, 0.05) is 25.2 Å². The van der Waals surface area contributed by atoms with Gasteiger partial charge in [0.05, 0.1) is 10.9 Å². The zero-order valence-corrected chi connectivity index (χ0v) is 19.8. The van der Waals surface area contributed by atoms with Crippen molar-refractivity contribution in [2.24, 2.45) is 0 Å². The number of ether oxygens (including phenoxy) is 2. The molecule has 1 atom stereocenters. The number of piperidine rings is 1. The van der Waals surface area contributed by atoms with Crippen molar-refractivity contribution in [1.82, 2.24) is 9.21 Å². The summed E-state index contributed by atoms with van der Waals surface area (Å²) in [5, 5.41) is 0. The summed E-state index contributed by atoms with van der Waals surface area (Å²) in [4.78, 5) is 15.6. The molecule has 1 amide bonds. The minimum atomic E-state index is -3.62. The largest absolute Gasteiger partial charge is 0.486 e. The average Bonchev–Trinajstić information content (AvgIpc) is 3.34. The second-order valence-corrected chi connectivity index (χ2v) is 10.9. The van der Waals surface area contributed by atoms with Crippen LogP contribution in [0.2, 0.25) is 0 Å². The molecule has 0 aliphatic carbocycles. The smallest absolute Gasteiger partial charge is 0.254 e. The second kappa shape index (κ2) is 8.99. The lowest BCUT2D eigenvalue weighted by Crippen LogP contribution is -2.36. The first-order valence-corrected chi connectivity index (χ1v) is 13.2. The van der Waals surface area contributed by atoms with Crippen LogP contribution in [-0.4, -0.2) is 56.4 Å². The topological polar surface area (TPSA) is 76.1 Å². The zero-order chi connectivity index (χ0) is 23.0. The lowest BCUT2D eigenvalue weighted by atomic mass is 10.0. The monoisotopic (exact) mass is 470 g/mol. The molecule has 2 saturated heterocycles. The first-order chi connectivity index (χ1) is 15.9. The molecule has 176 valence electrons. The van der Waals surface area contributed by atoms with Crippen LogP contribution in [0.3, 0.4) is 0 Å². The predicted molar refractivity (Wildman–Crippen MR) is 124 cm³/mol. The number of fused-ring (bicyclic) bond motifs is 1. The predicted octanol–water partition coefficient (Wildman–Crippen LogP) is 3.92. The van der Waals surface area contributed by atoms with Gasteiger partial charge in [-0.15, -0.1) is 0 Å². The van der Waals surface area contributed by atoms with Gasteiger partial charge >= 0.3 is 0 Å². The minimum absolute atomic E-state index is 0.0724. The van der Waals surface area contributed by atoms with Crippen molar-refractivity contribution in [3.63, 3.8) is 0 Å². The van der Waals surface area contributed by atoms with Gasteiger partial charge in [0.25, 0.3) is 5.91 Å². The third-order valence-corrected chi connectivity index (χ3v) is 8.87. The standard InChI is InChI=1S/C25H30N2O5S/c1-18-7-8-20(17-24(18)33(29,30)26-11-3-2-4-12-26)25(28)27-13-5-6-21(27)19-9-10-22-23(16-19)32-15-14-31-22/h7-10,16-17,21H,2-6,11-15H2,1H3/t21-/m1/s1. The quantitative estimate of drug-likeness (QED) is 0.677. The third kappa shape index (κ3) is 4.22. The summed E-state index contributed by atoms with van der Waals surface area (Å²) in [6.45, 7) is 4.56. The highest BCUT2D eigenvalue weighted by molar-refractivity contribution is 7.89. The van der Waals surface area contributed by atoms with Crippen LogP contribution in [0.4, 0.5) is 0 Å². The highest BCUT2D eigenvalue weighted by atomic mass is 32.2. The van der Waals surface area contributed by atoms with Crippen LogP contribution >= 0.6 is 0 Å². The van der Waals surface area contributed by atoms with Crippen LogP contribution < -0.4 is 9.47 Å². The molecule has 2 aromatic carbocycles. The van der Waals surface area contributed by atoms with Crippen molar-refractivity contribution in [3.8, 4) is 11.5 Å².